The van der Waals surface area contributed by atoms with Crippen molar-refractivity contribution in [2.24, 2.45) is 5.73 Å². The molecule has 22 heteroatoms. The Bertz CT molecular complexity index is 3530. The standard InChI is InChI=1S/C32H35N7O4.C32H34N6O5/c1-32(2,3)43-31(42)38-18-8-7-11-24(38)29-37-26(27(28(33)40)39(29)34)21-12-14-22(15-13-21)30(41)36-25-19-23(16-17-35-25)20-9-5-4-6-10-20;1-32(2,3)43-31(42)37-18-8-7-11-24(37)28-36-26(27(30(40)41)38(28)33)21-12-14-22(15-13-21)29(39)35-25-19-23(16-17-34-25)20-9-5-4-6-10-20/h4-6,9-10,12-17,19,24H,7-8,11,18,34H2,1-3H3,(H2,33,40)(H,35,36,41);4-6,9-10,12-17,19,24H,7-8,11,18,33H2,1-3H3,(H,40,41)(H,34,35,39)/t2*24-/m00/s1. The van der Waals surface area contributed by atoms with Gasteiger partial charge in [0.05, 0.1) is 12.1 Å². The lowest BCUT2D eigenvalue weighted by molar-refractivity contribution is 0.00723. The van der Waals surface area contributed by atoms with Crippen LogP contribution in [0.2, 0.25) is 0 Å². The SMILES string of the molecule is CC(C)(C)OC(=O)N1CCCC[C@H]1c1nc(-c2ccc(C(=O)Nc3cc(-c4ccccc4)ccn3)cc2)c(C(=O)O)n1N.CC(C)(C)OC(=O)N1CCCC[C@H]1c1nc(-c2ccc(C(=O)Nc3cc(-c4ccccc4)ccn3)cc2)c(C(N)=O)n1N. The number of hydrogen-bond donors (Lipinski definition) is 6. The van der Waals surface area contributed by atoms with Gasteiger partial charge in [0.1, 0.15) is 34.2 Å². The number of carboxylic acids is 1. The summed E-state index contributed by atoms with van der Waals surface area (Å²) in [5.41, 5.74) is 10.2. The van der Waals surface area contributed by atoms with Crippen molar-refractivity contribution in [3.05, 3.63) is 180 Å². The van der Waals surface area contributed by atoms with Crippen LogP contribution >= 0.6 is 0 Å². The number of imidazole rings is 2. The highest BCUT2D eigenvalue weighted by Crippen LogP contribution is 2.37. The molecule has 2 fully saturated rings. The van der Waals surface area contributed by atoms with Gasteiger partial charge >= 0.3 is 18.2 Å². The van der Waals surface area contributed by atoms with Crippen LogP contribution in [0.5, 0.6) is 0 Å². The van der Waals surface area contributed by atoms with E-state index in [4.69, 9.17) is 31.9 Å². The summed E-state index contributed by atoms with van der Waals surface area (Å²) < 4.78 is 13.4. The van der Waals surface area contributed by atoms with Gasteiger partial charge in [-0.25, -0.2) is 43.7 Å². The van der Waals surface area contributed by atoms with E-state index in [0.717, 1.165) is 57.3 Å². The number of aromatic nitrogens is 6. The van der Waals surface area contributed by atoms with Crippen LogP contribution in [-0.4, -0.2) is 104 Å². The fourth-order valence-electron chi connectivity index (χ4n) is 10.2. The molecule has 4 aromatic carbocycles. The minimum absolute atomic E-state index is 0.00356. The number of carbonyl (C=O) groups is 6. The fraction of sp³-hybridized carbons (Fsp3) is 0.281. The van der Waals surface area contributed by atoms with E-state index in [2.05, 4.69) is 25.6 Å². The molecule has 2 saturated heterocycles. The summed E-state index contributed by atoms with van der Waals surface area (Å²) in [7, 11) is 0. The molecule has 0 radical (unpaired) electrons. The van der Waals surface area contributed by atoms with Crippen molar-refractivity contribution < 1.29 is 43.3 Å². The first-order valence-electron chi connectivity index (χ1n) is 28.2. The van der Waals surface area contributed by atoms with Crippen molar-refractivity contribution in [1.82, 2.24) is 39.1 Å². The lowest BCUT2D eigenvalue weighted by Gasteiger charge is -2.36. The zero-order valence-corrected chi connectivity index (χ0v) is 48.7. The largest absolute Gasteiger partial charge is 0.476 e. The number of benzene rings is 4. The number of piperidine rings is 2. The number of carboxylic acid groups (broad SMARTS) is 1. The van der Waals surface area contributed by atoms with E-state index in [0.29, 0.717) is 65.6 Å². The Hall–Kier alpha value is -10.4. The quantitative estimate of drug-likeness (QED) is 0.0620. The molecule has 9 N–H and O–H groups in total. The number of rotatable bonds is 12. The molecule has 2 atom stereocenters. The van der Waals surface area contributed by atoms with Crippen molar-refractivity contribution in [1.29, 1.82) is 0 Å². The van der Waals surface area contributed by atoms with Gasteiger partial charge in [0.25, 0.3) is 17.7 Å². The molecule has 444 valence electrons. The number of hydrogen-bond acceptors (Lipinski definition) is 14. The molecule has 0 saturated carbocycles. The number of nitrogens with zero attached hydrogens (tertiary/aromatic N) is 8. The van der Waals surface area contributed by atoms with E-state index in [1.54, 1.807) is 118 Å². The molecule has 5 amide bonds. The number of primary amides is 1. The second-order valence-corrected chi connectivity index (χ2v) is 22.8. The number of anilines is 2. The minimum atomic E-state index is -1.26. The van der Waals surface area contributed by atoms with Gasteiger partial charge < -0.3 is 42.6 Å². The molecule has 22 nitrogen and oxygen atoms in total. The number of aromatic carboxylic acids is 1. The van der Waals surface area contributed by atoms with E-state index < -0.39 is 47.3 Å². The number of pyridine rings is 2. The number of likely N-dealkylation sites (tertiary alicyclic amines) is 2. The van der Waals surface area contributed by atoms with Crippen molar-refractivity contribution >= 4 is 47.5 Å². The molecule has 86 heavy (non-hydrogen) atoms. The normalized spacial score (nSPS) is 15.1. The van der Waals surface area contributed by atoms with E-state index in [1.165, 1.54) is 0 Å². The second kappa shape index (κ2) is 25.6. The third-order valence-corrected chi connectivity index (χ3v) is 14.2. The highest BCUT2D eigenvalue weighted by atomic mass is 16.6. The summed E-state index contributed by atoms with van der Waals surface area (Å²) in [5.74, 6) is 11.3. The average molecular weight is 1160 g/mol. The molecule has 0 unspecified atom stereocenters. The van der Waals surface area contributed by atoms with E-state index >= 15 is 0 Å². The van der Waals surface area contributed by atoms with Gasteiger partial charge in [-0.2, -0.15) is 0 Å². The molecule has 0 aliphatic carbocycles. The Kier molecular flexibility index (Phi) is 17.9. The van der Waals surface area contributed by atoms with Crippen LogP contribution in [-0.2, 0) is 9.47 Å². The van der Waals surface area contributed by atoms with Gasteiger partial charge in [0.15, 0.2) is 23.0 Å². The van der Waals surface area contributed by atoms with Gasteiger partial charge in [-0.3, -0.25) is 24.2 Å². The topological polar surface area (TPSA) is 311 Å². The first-order valence-corrected chi connectivity index (χ1v) is 28.2. The van der Waals surface area contributed by atoms with Gasteiger partial charge in [0.2, 0.25) is 0 Å². The Morgan fingerprint density at radius 1 is 0.512 bits per heavy atom. The molecular formula is C64H69N13O9. The average Bonchev–Trinajstić information content (AvgIpc) is 1.76. The maximum absolute atomic E-state index is 13.0. The smallest absolute Gasteiger partial charge is 0.410 e. The van der Waals surface area contributed by atoms with E-state index in [-0.39, 0.29) is 40.4 Å². The number of nitrogens with one attached hydrogen (secondary N) is 2. The molecule has 4 aromatic heterocycles. The van der Waals surface area contributed by atoms with Gasteiger partial charge in [-0.05, 0) is 151 Å². The second-order valence-electron chi connectivity index (χ2n) is 22.8. The molecule has 2 aliphatic rings. The van der Waals surface area contributed by atoms with Crippen molar-refractivity contribution in [2.45, 2.75) is 103 Å². The van der Waals surface area contributed by atoms with Crippen molar-refractivity contribution in [3.8, 4) is 44.8 Å². The summed E-state index contributed by atoms with van der Waals surface area (Å²) in [6.07, 6.45) is 6.73. The summed E-state index contributed by atoms with van der Waals surface area (Å²) in [6, 6.07) is 38.9. The third kappa shape index (κ3) is 14.2. The maximum Gasteiger partial charge on any atom is 0.410 e. The van der Waals surface area contributed by atoms with Crippen molar-refractivity contribution in [3.63, 3.8) is 0 Å². The lowest BCUT2D eigenvalue weighted by atomic mass is 10.0. The summed E-state index contributed by atoms with van der Waals surface area (Å²) in [6.45, 7) is 11.7. The summed E-state index contributed by atoms with van der Waals surface area (Å²) in [4.78, 5) is 97.9. The number of nitrogens with two attached hydrogens (primary N) is 3. The Labute approximate surface area is 497 Å². The van der Waals surface area contributed by atoms with Gasteiger partial charge in [-0.15, -0.1) is 0 Å². The van der Waals surface area contributed by atoms with Crippen LogP contribution in [0, 0.1) is 0 Å². The predicted molar refractivity (Wildman–Crippen MR) is 325 cm³/mol. The molecular weight excluding hydrogens is 1090 g/mol. The Morgan fingerprint density at radius 3 is 1.27 bits per heavy atom. The number of nitrogen functional groups attached to an aromatic ring is 2. The molecule has 8 aromatic rings. The van der Waals surface area contributed by atoms with Crippen LogP contribution in [0.4, 0.5) is 21.2 Å². The summed E-state index contributed by atoms with van der Waals surface area (Å²) in [5, 5.41) is 15.7. The maximum atomic E-state index is 13.0. The van der Waals surface area contributed by atoms with Crippen LogP contribution in [0.25, 0.3) is 44.8 Å². The van der Waals surface area contributed by atoms with Crippen molar-refractivity contribution in [2.75, 3.05) is 35.4 Å². The fourth-order valence-corrected chi connectivity index (χ4v) is 10.2. The number of carbonyl (C=O) groups excluding carboxylic acids is 5. The van der Waals surface area contributed by atoms with E-state index in [1.807, 2.05) is 78.9 Å². The van der Waals surface area contributed by atoms with Crippen LogP contribution in [0.15, 0.2) is 146 Å². The molecule has 6 heterocycles. The minimum Gasteiger partial charge on any atom is -0.476 e. The number of amides is 5. The first kappa shape index (κ1) is 60.2. The highest BCUT2D eigenvalue weighted by molar-refractivity contribution is 6.05. The third-order valence-electron chi connectivity index (χ3n) is 14.2. The molecule has 10 rings (SSSR count). The van der Waals surface area contributed by atoms with E-state index in [9.17, 15) is 33.9 Å². The Morgan fingerprint density at radius 2 is 0.895 bits per heavy atom. The predicted octanol–water partition coefficient (Wildman–Crippen LogP) is 10.9. The highest BCUT2D eigenvalue weighted by Gasteiger charge is 2.38. The van der Waals surface area contributed by atoms with Gasteiger partial charge in [0, 0.05) is 47.7 Å². The van der Waals surface area contributed by atoms with Gasteiger partial charge in [-0.1, -0.05) is 84.9 Å². The Balaban J connectivity index is 0.000000205. The first-order chi connectivity index (χ1) is 41.0. The zero-order valence-electron chi connectivity index (χ0n) is 48.7. The monoisotopic (exact) mass is 1160 g/mol. The molecule has 0 spiro atoms. The zero-order chi connectivity index (χ0) is 61.5. The van der Waals surface area contributed by atoms with Crippen LogP contribution in [0.3, 0.4) is 0 Å². The van der Waals surface area contributed by atoms with Crippen LogP contribution < -0.4 is 28.1 Å². The molecule has 2 aliphatic heterocycles. The van der Waals surface area contributed by atoms with Crippen LogP contribution in [0.1, 0.15) is 145 Å². The lowest BCUT2D eigenvalue weighted by Crippen LogP contribution is -2.43. The summed E-state index contributed by atoms with van der Waals surface area (Å²) >= 11 is 0. The molecule has 0 bridgehead atoms. The number of ether oxygens (including phenoxy) is 2.